The molecule has 6 heteroatoms. The fourth-order valence-electron chi connectivity index (χ4n) is 1.12. The van der Waals surface area contributed by atoms with E-state index in [4.69, 9.17) is 5.73 Å². The molecule has 2 N–H and O–H groups in total. The van der Waals surface area contributed by atoms with Gasteiger partial charge in [-0.05, 0) is 0 Å². The van der Waals surface area contributed by atoms with E-state index in [1.54, 1.807) is 0 Å². The van der Waals surface area contributed by atoms with Crippen molar-refractivity contribution in [2.24, 2.45) is 10.7 Å². The summed E-state index contributed by atoms with van der Waals surface area (Å²) in [6.45, 7) is 0.980. The van der Waals surface area contributed by atoms with Gasteiger partial charge in [-0.1, -0.05) is 0 Å². The van der Waals surface area contributed by atoms with Crippen molar-refractivity contribution in [2.75, 3.05) is 26.2 Å². The largest absolute Gasteiger partial charge is 0.449 e. The number of rotatable bonds is 2. The van der Waals surface area contributed by atoms with Crippen LogP contribution in [-0.4, -0.2) is 43.1 Å². The molecule has 0 saturated carbocycles. The van der Waals surface area contributed by atoms with Crippen molar-refractivity contribution in [1.29, 1.82) is 0 Å². The lowest BCUT2D eigenvalue weighted by atomic mass is 10.4. The van der Waals surface area contributed by atoms with Crippen LogP contribution in [0.5, 0.6) is 0 Å². The lowest BCUT2D eigenvalue weighted by Gasteiger charge is -2.20. The Hall–Kier alpha value is -0.780. The normalized spacial score (nSPS) is 18.3. The van der Waals surface area contributed by atoms with E-state index in [0.717, 1.165) is 0 Å². The molecule has 1 heterocycles. The molecule has 0 radical (unpaired) electrons. The van der Waals surface area contributed by atoms with Crippen LogP contribution in [-0.2, 0) is 0 Å². The molecule has 1 aliphatic heterocycles. The Morgan fingerprint density at radius 1 is 1.50 bits per heavy atom. The van der Waals surface area contributed by atoms with Gasteiger partial charge in [0.15, 0.2) is 0 Å². The van der Waals surface area contributed by atoms with Gasteiger partial charge in [0.05, 0.1) is 6.54 Å². The second-order valence-corrected chi connectivity index (χ2v) is 2.48. The van der Waals surface area contributed by atoms with Gasteiger partial charge in [0.1, 0.15) is 0 Å². The number of alkyl halides is 3. The maximum Gasteiger partial charge on any atom is 0.449 e. The van der Waals surface area contributed by atoms with Gasteiger partial charge < -0.3 is 10.6 Å². The molecule has 70 valence electrons. The Bertz CT molecular complexity index is 187. The van der Waals surface area contributed by atoms with Crippen LogP contribution in [0.2, 0.25) is 0 Å². The SMILES string of the molecule is NCCN1CCN=C1C(F)(F)F. The van der Waals surface area contributed by atoms with Crippen LogP contribution in [0.25, 0.3) is 0 Å². The van der Waals surface area contributed by atoms with Crippen LogP contribution in [0.15, 0.2) is 4.99 Å². The zero-order chi connectivity index (χ0) is 9.19. The van der Waals surface area contributed by atoms with Crippen molar-refractivity contribution in [3.8, 4) is 0 Å². The second kappa shape index (κ2) is 3.30. The molecule has 12 heavy (non-hydrogen) atoms. The first-order valence-corrected chi connectivity index (χ1v) is 3.62. The Morgan fingerprint density at radius 3 is 2.67 bits per heavy atom. The van der Waals surface area contributed by atoms with E-state index < -0.39 is 12.0 Å². The number of nitrogens with zero attached hydrogens (tertiary/aromatic N) is 2. The lowest BCUT2D eigenvalue weighted by Crippen LogP contribution is -2.40. The summed E-state index contributed by atoms with van der Waals surface area (Å²) in [4.78, 5) is 4.54. The van der Waals surface area contributed by atoms with Crippen molar-refractivity contribution in [3.63, 3.8) is 0 Å². The maximum atomic E-state index is 12.1. The highest BCUT2D eigenvalue weighted by molar-refractivity contribution is 5.88. The molecule has 0 aromatic heterocycles. The zero-order valence-corrected chi connectivity index (χ0v) is 6.43. The highest BCUT2D eigenvalue weighted by atomic mass is 19.4. The van der Waals surface area contributed by atoms with Crippen molar-refractivity contribution in [2.45, 2.75) is 6.18 Å². The van der Waals surface area contributed by atoms with Crippen molar-refractivity contribution in [3.05, 3.63) is 0 Å². The number of amidine groups is 1. The number of halogens is 3. The molecule has 3 nitrogen and oxygen atoms in total. The second-order valence-electron chi connectivity index (χ2n) is 2.48. The summed E-state index contributed by atoms with van der Waals surface area (Å²) in [5.41, 5.74) is 5.15. The summed E-state index contributed by atoms with van der Waals surface area (Å²) in [5.74, 6) is -0.784. The van der Waals surface area contributed by atoms with Crippen molar-refractivity contribution in [1.82, 2.24) is 4.90 Å². The van der Waals surface area contributed by atoms with Gasteiger partial charge in [-0.2, -0.15) is 13.2 Å². The first kappa shape index (κ1) is 9.31. The van der Waals surface area contributed by atoms with E-state index in [2.05, 4.69) is 4.99 Å². The highest BCUT2D eigenvalue weighted by Crippen LogP contribution is 2.22. The molecule has 0 aliphatic carbocycles. The van der Waals surface area contributed by atoms with Gasteiger partial charge >= 0.3 is 6.18 Å². The monoisotopic (exact) mass is 181 g/mol. The molecular formula is C6H10F3N3. The van der Waals surface area contributed by atoms with Crippen LogP contribution in [0.1, 0.15) is 0 Å². The molecule has 0 aromatic carbocycles. The molecule has 0 aromatic rings. The smallest absolute Gasteiger partial charge is 0.350 e. The van der Waals surface area contributed by atoms with E-state index in [9.17, 15) is 13.2 Å². The minimum atomic E-state index is -4.33. The zero-order valence-electron chi connectivity index (χ0n) is 6.43. The Balaban J connectivity index is 2.63. The van der Waals surface area contributed by atoms with E-state index in [1.807, 2.05) is 0 Å². The highest BCUT2D eigenvalue weighted by Gasteiger charge is 2.41. The van der Waals surface area contributed by atoms with Crippen LogP contribution in [0.4, 0.5) is 13.2 Å². The molecule has 0 saturated heterocycles. The third-order valence-electron chi connectivity index (χ3n) is 1.58. The van der Waals surface area contributed by atoms with Crippen LogP contribution in [0.3, 0.4) is 0 Å². The molecule has 0 spiro atoms. The average Bonchev–Trinajstić information content (AvgIpc) is 2.34. The van der Waals surface area contributed by atoms with Gasteiger partial charge in [0, 0.05) is 19.6 Å². The first-order chi connectivity index (χ1) is 5.55. The molecule has 1 rings (SSSR count). The Labute approximate surface area is 68.0 Å². The van der Waals surface area contributed by atoms with E-state index in [1.165, 1.54) is 4.90 Å². The minimum Gasteiger partial charge on any atom is -0.350 e. The van der Waals surface area contributed by atoms with Gasteiger partial charge in [-0.15, -0.1) is 0 Å². The summed E-state index contributed by atoms with van der Waals surface area (Å²) in [6.07, 6.45) is -4.33. The maximum absolute atomic E-state index is 12.1. The van der Waals surface area contributed by atoms with Gasteiger partial charge in [-0.25, -0.2) is 0 Å². The number of hydrogen-bond acceptors (Lipinski definition) is 3. The molecule has 0 amide bonds. The van der Waals surface area contributed by atoms with Gasteiger partial charge in [-0.3, -0.25) is 4.99 Å². The third-order valence-corrected chi connectivity index (χ3v) is 1.58. The summed E-state index contributed by atoms with van der Waals surface area (Å²) in [6, 6.07) is 0. The number of nitrogens with two attached hydrogens (primary N) is 1. The predicted molar refractivity (Wildman–Crippen MR) is 39.0 cm³/mol. The Morgan fingerprint density at radius 2 is 2.17 bits per heavy atom. The quantitative estimate of drug-likeness (QED) is 0.662. The van der Waals surface area contributed by atoms with E-state index in [-0.39, 0.29) is 19.6 Å². The standard InChI is InChI=1S/C6H10F3N3/c7-6(8,9)5-11-2-4-12(5)3-1-10/h1-4,10H2. The molecule has 0 atom stereocenters. The summed E-state index contributed by atoms with van der Waals surface area (Å²) >= 11 is 0. The molecule has 0 bridgehead atoms. The van der Waals surface area contributed by atoms with Crippen LogP contribution < -0.4 is 5.73 Å². The molecule has 0 fully saturated rings. The summed E-state index contributed by atoms with van der Waals surface area (Å²) < 4.78 is 36.4. The third kappa shape index (κ3) is 1.88. The van der Waals surface area contributed by atoms with E-state index in [0.29, 0.717) is 6.54 Å². The van der Waals surface area contributed by atoms with Crippen LogP contribution in [0, 0.1) is 0 Å². The van der Waals surface area contributed by atoms with Gasteiger partial charge in [0.25, 0.3) is 0 Å². The van der Waals surface area contributed by atoms with Crippen molar-refractivity contribution < 1.29 is 13.2 Å². The Kier molecular flexibility index (Phi) is 2.56. The van der Waals surface area contributed by atoms with E-state index >= 15 is 0 Å². The van der Waals surface area contributed by atoms with Gasteiger partial charge in [0.2, 0.25) is 5.84 Å². The number of hydrogen-bond donors (Lipinski definition) is 1. The van der Waals surface area contributed by atoms with Crippen LogP contribution >= 0.6 is 0 Å². The van der Waals surface area contributed by atoms with Crippen molar-refractivity contribution >= 4 is 5.84 Å². The average molecular weight is 181 g/mol. The fraction of sp³-hybridized carbons (Fsp3) is 0.833. The lowest BCUT2D eigenvalue weighted by molar-refractivity contribution is -0.0671. The number of aliphatic imine (C=N–C) groups is 1. The predicted octanol–water partition coefficient (Wildman–Crippen LogP) is 0.221. The molecular weight excluding hydrogens is 171 g/mol. The first-order valence-electron chi connectivity index (χ1n) is 3.62. The summed E-state index contributed by atoms with van der Waals surface area (Å²) in [7, 11) is 0. The topological polar surface area (TPSA) is 41.6 Å². The molecule has 0 unspecified atom stereocenters. The molecule has 1 aliphatic rings. The minimum absolute atomic E-state index is 0.217. The summed E-state index contributed by atoms with van der Waals surface area (Å²) in [5, 5.41) is 0. The fourth-order valence-corrected chi connectivity index (χ4v) is 1.12.